The first-order valence-electron chi connectivity index (χ1n) is 7.67. The molecule has 6 nitrogen and oxygen atoms in total. The maximum absolute atomic E-state index is 12.1. The van der Waals surface area contributed by atoms with Gasteiger partial charge in [-0.3, -0.25) is 14.5 Å². The van der Waals surface area contributed by atoms with Crippen molar-refractivity contribution in [1.82, 2.24) is 15.5 Å². The number of hydrogen-bond acceptors (Lipinski definition) is 5. The zero-order valence-electron chi connectivity index (χ0n) is 13.5. The lowest BCUT2D eigenvalue weighted by molar-refractivity contribution is -0.132. The first-order valence-corrected chi connectivity index (χ1v) is 10.0. The molecule has 0 aromatic heterocycles. The van der Waals surface area contributed by atoms with E-state index in [9.17, 15) is 14.4 Å². The lowest BCUT2D eigenvalue weighted by Gasteiger charge is -2.13. The van der Waals surface area contributed by atoms with Gasteiger partial charge in [0.1, 0.15) is 12.6 Å². The molecular weight excluding hydrogens is 346 g/mol. The van der Waals surface area contributed by atoms with Crippen molar-refractivity contribution >= 4 is 41.4 Å². The number of imide groups is 1. The minimum absolute atomic E-state index is 0.226. The monoisotopic (exact) mass is 367 g/mol. The summed E-state index contributed by atoms with van der Waals surface area (Å²) in [7, 11) is 0. The van der Waals surface area contributed by atoms with Crippen LogP contribution in [0.15, 0.2) is 35.2 Å². The van der Waals surface area contributed by atoms with Gasteiger partial charge in [-0.05, 0) is 30.6 Å². The van der Waals surface area contributed by atoms with E-state index in [0.717, 1.165) is 21.3 Å². The van der Waals surface area contributed by atoms with Crippen LogP contribution in [0.3, 0.4) is 0 Å². The lowest BCUT2D eigenvalue weighted by Crippen LogP contribution is -2.41. The van der Waals surface area contributed by atoms with Crippen LogP contribution in [0, 0.1) is 0 Å². The highest BCUT2D eigenvalue weighted by molar-refractivity contribution is 7.99. The highest BCUT2D eigenvalue weighted by Crippen LogP contribution is 2.15. The fourth-order valence-corrected chi connectivity index (χ4v) is 3.49. The second-order valence-corrected chi connectivity index (χ2v) is 7.37. The number of urea groups is 1. The Morgan fingerprint density at radius 1 is 1.25 bits per heavy atom. The van der Waals surface area contributed by atoms with Gasteiger partial charge in [-0.2, -0.15) is 11.8 Å². The summed E-state index contributed by atoms with van der Waals surface area (Å²) in [5.41, 5.74) is 0. The number of nitrogens with zero attached hydrogens (tertiary/aromatic N) is 1. The molecule has 1 fully saturated rings. The highest BCUT2D eigenvalue weighted by Gasteiger charge is 2.38. The number of carbonyl (C=O) groups excluding carboxylic acids is 3. The maximum atomic E-state index is 12.1. The second kappa shape index (κ2) is 9.58. The Bertz CT molecular complexity index is 583. The van der Waals surface area contributed by atoms with Gasteiger partial charge in [0, 0.05) is 17.2 Å². The summed E-state index contributed by atoms with van der Waals surface area (Å²) in [5.74, 6) is 0.875. The van der Waals surface area contributed by atoms with Crippen LogP contribution >= 0.6 is 23.5 Å². The van der Waals surface area contributed by atoms with E-state index in [-0.39, 0.29) is 18.4 Å². The number of rotatable bonds is 9. The van der Waals surface area contributed by atoms with E-state index >= 15 is 0 Å². The van der Waals surface area contributed by atoms with Gasteiger partial charge in [0.05, 0.1) is 0 Å². The van der Waals surface area contributed by atoms with Crippen molar-refractivity contribution < 1.29 is 14.4 Å². The molecule has 1 saturated heterocycles. The van der Waals surface area contributed by atoms with E-state index in [0.29, 0.717) is 13.0 Å². The van der Waals surface area contributed by atoms with Crippen molar-refractivity contribution in [3.63, 3.8) is 0 Å². The molecule has 1 aromatic carbocycles. The Labute approximate surface area is 150 Å². The molecule has 1 heterocycles. The molecule has 0 saturated carbocycles. The SMILES string of the molecule is CSCC[C@@H]1NC(=O)N(CC(=O)NCCSc2ccccc2)C1=O. The number of benzene rings is 1. The molecule has 2 N–H and O–H groups in total. The van der Waals surface area contributed by atoms with Gasteiger partial charge in [0.2, 0.25) is 5.91 Å². The third-order valence-corrected chi connectivity index (χ3v) is 5.11. The summed E-state index contributed by atoms with van der Waals surface area (Å²) in [5, 5.41) is 5.36. The second-order valence-electron chi connectivity index (χ2n) is 5.22. The summed E-state index contributed by atoms with van der Waals surface area (Å²) in [6.07, 6.45) is 2.53. The summed E-state index contributed by atoms with van der Waals surface area (Å²) < 4.78 is 0. The predicted octanol–water partition coefficient (Wildman–Crippen LogP) is 1.57. The third kappa shape index (κ3) is 5.45. The zero-order chi connectivity index (χ0) is 17.4. The van der Waals surface area contributed by atoms with Gasteiger partial charge in [-0.25, -0.2) is 4.79 Å². The van der Waals surface area contributed by atoms with Gasteiger partial charge >= 0.3 is 6.03 Å². The molecule has 0 radical (unpaired) electrons. The standard InChI is InChI=1S/C16H21N3O3S2/c1-23-9-7-13-15(21)19(16(22)18-13)11-14(20)17-8-10-24-12-5-3-2-4-6-12/h2-6,13H,7-11H2,1H3,(H,17,20)(H,18,22)/t13-/m0/s1. The van der Waals surface area contributed by atoms with Gasteiger partial charge in [0.15, 0.2) is 0 Å². The smallest absolute Gasteiger partial charge is 0.325 e. The Kier molecular flexibility index (Phi) is 7.45. The number of carbonyl (C=O) groups is 3. The molecule has 2 rings (SSSR count). The molecule has 0 aliphatic carbocycles. The van der Waals surface area contributed by atoms with E-state index in [1.807, 2.05) is 36.6 Å². The predicted molar refractivity (Wildman–Crippen MR) is 97.2 cm³/mol. The van der Waals surface area contributed by atoms with Crippen molar-refractivity contribution in [2.24, 2.45) is 0 Å². The number of nitrogens with one attached hydrogen (secondary N) is 2. The molecule has 0 spiro atoms. The van der Waals surface area contributed by atoms with Crippen LogP contribution in [-0.2, 0) is 9.59 Å². The Balaban J connectivity index is 1.70. The third-order valence-electron chi connectivity index (χ3n) is 3.46. The molecule has 1 aromatic rings. The lowest BCUT2D eigenvalue weighted by atomic mass is 10.2. The molecule has 130 valence electrons. The Hall–Kier alpha value is -1.67. The average molecular weight is 367 g/mol. The van der Waals surface area contributed by atoms with Gasteiger partial charge in [-0.15, -0.1) is 11.8 Å². The van der Waals surface area contributed by atoms with E-state index in [4.69, 9.17) is 0 Å². The van der Waals surface area contributed by atoms with Crippen LogP contribution in [0.25, 0.3) is 0 Å². The van der Waals surface area contributed by atoms with E-state index in [2.05, 4.69) is 10.6 Å². The molecule has 0 unspecified atom stereocenters. The zero-order valence-corrected chi connectivity index (χ0v) is 15.1. The van der Waals surface area contributed by atoms with Crippen molar-refractivity contribution in [3.05, 3.63) is 30.3 Å². The Morgan fingerprint density at radius 2 is 2.00 bits per heavy atom. The van der Waals surface area contributed by atoms with Gasteiger partial charge in [0.25, 0.3) is 5.91 Å². The fraction of sp³-hybridized carbons (Fsp3) is 0.438. The van der Waals surface area contributed by atoms with E-state index in [1.54, 1.807) is 23.5 Å². The molecular formula is C16H21N3O3S2. The van der Waals surface area contributed by atoms with Crippen molar-refractivity contribution in [1.29, 1.82) is 0 Å². The summed E-state index contributed by atoms with van der Waals surface area (Å²) in [4.78, 5) is 38.0. The number of hydrogen-bond donors (Lipinski definition) is 2. The molecule has 1 aliphatic rings. The highest BCUT2D eigenvalue weighted by atomic mass is 32.2. The molecule has 0 bridgehead atoms. The average Bonchev–Trinajstić information content (AvgIpc) is 2.85. The van der Waals surface area contributed by atoms with Crippen molar-refractivity contribution in [3.8, 4) is 0 Å². The van der Waals surface area contributed by atoms with Gasteiger partial charge in [-0.1, -0.05) is 18.2 Å². The van der Waals surface area contributed by atoms with E-state index in [1.165, 1.54) is 0 Å². The largest absolute Gasteiger partial charge is 0.354 e. The van der Waals surface area contributed by atoms with Crippen molar-refractivity contribution in [2.75, 3.05) is 30.9 Å². The summed E-state index contributed by atoms with van der Waals surface area (Å²) in [6, 6.07) is 8.91. The molecule has 4 amide bonds. The molecule has 1 aliphatic heterocycles. The fourth-order valence-electron chi connectivity index (χ4n) is 2.23. The molecule has 1 atom stereocenters. The minimum atomic E-state index is -0.508. The van der Waals surface area contributed by atoms with Crippen LogP contribution in [0.1, 0.15) is 6.42 Å². The number of amides is 4. The summed E-state index contributed by atoms with van der Waals surface area (Å²) >= 11 is 3.25. The van der Waals surface area contributed by atoms with Gasteiger partial charge < -0.3 is 10.6 Å². The summed E-state index contributed by atoms with van der Waals surface area (Å²) in [6.45, 7) is 0.258. The maximum Gasteiger partial charge on any atom is 0.325 e. The normalized spacial score (nSPS) is 17.0. The topological polar surface area (TPSA) is 78.5 Å². The van der Waals surface area contributed by atoms with Crippen LogP contribution < -0.4 is 10.6 Å². The molecule has 8 heteroatoms. The van der Waals surface area contributed by atoms with Crippen LogP contribution in [-0.4, -0.2) is 59.6 Å². The van der Waals surface area contributed by atoms with Crippen LogP contribution in [0.5, 0.6) is 0 Å². The number of thioether (sulfide) groups is 2. The van der Waals surface area contributed by atoms with Crippen molar-refractivity contribution in [2.45, 2.75) is 17.4 Å². The first kappa shape index (κ1) is 18.7. The van der Waals surface area contributed by atoms with Crippen LogP contribution in [0.2, 0.25) is 0 Å². The minimum Gasteiger partial charge on any atom is -0.354 e. The van der Waals surface area contributed by atoms with Crippen LogP contribution in [0.4, 0.5) is 4.79 Å². The first-order chi connectivity index (χ1) is 11.6. The quantitative estimate of drug-likeness (QED) is 0.393. The van der Waals surface area contributed by atoms with E-state index < -0.39 is 12.1 Å². The molecule has 24 heavy (non-hydrogen) atoms. The Morgan fingerprint density at radius 3 is 2.71 bits per heavy atom.